The summed E-state index contributed by atoms with van der Waals surface area (Å²) < 4.78 is 28.5. The lowest BCUT2D eigenvalue weighted by atomic mass is 10.2. The Morgan fingerprint density at radius 3 is 2.32 bits per heavy atom. The Balaban J connectivity index is 1.48. The van der Waals surface area contributed by atoms with Crippen LogP contribution in [0, 0.1) is 13.8 Å². The van der Waals surface area contributed by atoms with Crippen LogP contribution in [0.15, 0.2) is 41.4 Å². The molecule has 0 N–H and O–H groups in total. The van der Waals surface area contributed by atoms with E-state index in [1.165, 1.54) is 8.82 Å². The van der Waals surface area contributed by atoms with Gasteiger partial charge in [0.2, 0.25) is 15.8 Å². The number of sulfonamides is 1. The summed E-state index contributed by atoms with van der Waals surface area (Å²) in [6.07, 6.45) is 1.61. The molecule has 3 aromatic rings. The van der Waals surface area contributed by atoms with Crippen LogP contribution in [0.2, 0.25) is 0 Å². The number of fused-ring (bicyclic) bond motifs is 1. The second-order valence-corrected chi connectivity index (χ2v) is 8.68. The number of aryl methyl sites for hydroxylation is 2. The third-order valence-electron chi connectivity index (χ3n) is 4.81. The highest BCUT2D eigenvalue weighted by Crippen LogP contribution is 2.19. The van der Waals surface area contributed by atoms with Gasteiger partial charge in [0.05, 0.1) is 4.90 Å². The molecule has 1 aliphatic rings. The largest absolute Gasteiger partial charge is 0.333 e. The molecular weight excluding hydrogens is 380 g/mol. The van der Waals surface area contributed by atoms with Gasteiger partial charge in [-0.1, -0.05) is 17.7 Å². The molecular formula is C18H20N6O3S. The quantitative estimate of drug-likeness (QED) is 0.647. The van der Waals surface area contributed by atoms with Gasteiger partial charge in [-0.2, -0.15) is 9.29 Å². The van der Waals surface area contributed by atoms with Gasteiger partial charge in [-0.3, -0.25) is 4.79 Å². The van der Waals surface area contributed by atoms with E-state index in [9.17, 15) is 13.2 Å². The zero-order valence-corrected chi connectivity index (χ0v) is 16.4. The first kappa shape index (κ1) is 18.5. The molecule has 1 aromatic carbocycles. The third-order valence-corrected chi connectivity index (χ3v) is 6.72. The molecule has 0 aliphatic carbocycles. The summed E-state index contributed by atoms with van der Waals surface area (Å²) in [5.41, 5.74) is 1.82. The van der Waals surface area contributed by atoms with E-state index in [0.29, 0.717) is 5.78 Å². The number of hydrogen-bond donors (Lipinski definition) is 0. The fourth-order valence-electron chi connectivity index (χ4n) is 3.13. The van der Waals surface area contributed by atoms with Crippen LogP contribution < -0.4 is 0 Å². The van der Waals surface area contributed by atoms with E-state index in [1.54, 1.807) is 41.4 Å². The fraction of sp³-hybridized carbons (Fsp3) is 0.333. The van der Waals surface area contributed by atoms with Crippen LogP contribution >= 0.6 is 0 Å². The Hall–Kier alpha value is -2.85. The molecule has 0 bridgehead atoms. The highest BCUT2D eigenvalue weighted by atomic mass is 32.2. The van der Waals surface area contributed by atoms with Gasteiger partial charge in [-0.15, -0.1) is 5.10 Å². The van der Waals surface area contributed by atoms with Crippen LogP contribution in [0.4, 0.5) is 0 Å². The average Bonchev–Trinajstić information content (AvgIpc) is 3.14. The second kappa shape index (κ2) is 6.95. The predicted octanol–water partition coefficient (Wildman–Crippen LogP) is 0.888. The Morgan fingerprint density at radius 1 is 1.00 bits per heavy atom. The van der Waals surface area contributed by atoms with Gasteiger partial charge < -0.3 is 4.90 Å². The van der Waals surface area contributed by atoms with Crippen molar-refractivity contribution in [2.24, 2.45) is 0 Å². The summed E-state index contributed by atoms with van der Waals surface area (Å²) in [5.74, 6) is 0.109. The van der Waals surface area contributed by atoms with Crippen molar-refractivity contribution in [1.29, 1.82) is 0 Å². The minimum Gasteiger partial charge on any atom is -0.333 e. The monoisotopic (exact) mass is 400 g/mol. The van der Waals surface area contributed by atoms with Crippen molar-refractivity contribution in [3.05, 3.63) is 53.6 Å². The van der Waals surface area contributed by atoms with E-state index in [-0.39, 0.29) is 42.8 Å². The molecule has 0 radical (unpaired) electrons. The molecule has 1 aliphatic heterocycles. The first-order valence-corrected chi connectivity index (χ1v) is 10.3. The maximum absolute atomic E-state index is 12.8. The Labute approximate surface area is 162 Å². The molecule has 2 aromatic heterocycles. The van der Waals surface area contributed by atoms with Crippen LogP contribution in [0.25, 0.3) is 5.78 Å². The third kappa shape index (κ3) is 3.25. The van der Waals surface area contributed by atoms with E-state index in [2.05, 4.69) is 15.1 Å². The van der Waals surface area contributed by atoms with Gasteiger partial charge in [0, 0.05) is 38.1 Å². The maximum Gasteiger partial charge on any atom is 0.293 e. The Bertz CT molecular complexity index is 1130. The SMILES string of the molecule is Cc1ccc(S(=O)(=O)N2CCN(C(=O)c3nc4nccc(C)n4n3)CC2)cc1. The van der Waals surface area contributed by atoms with Crippen molar-refractivity contribution >= 4 is 21.7 Å². The molecule has 0 saturated carbocycles. The lowest BCUT2D eigenvalue weighted by Crippen LogP contribution is -2.50. The zero-order valence-electron chi connectivity index (χ0n) is 15.6. The smallest absolute Gasteiger partial charge is 0.293 e. The van der Waals surface area contributed by atoms with Crippen LogP contribution in [0.3, 0.4) is 0 Å². The molecule has 0 spiro atoms. The number of carbonyl (C=O) groups excluding carboxylic acids is 1. The summed E-state index contributed by atoms with van der Waals surface area (Å²) in [4.78, 5) is 22.9. The number of carbonyl (C=O) groups is 1. The Morgan fingerprint density at radius 2 is 1.68 bits per heavy atom. The first-order valence-electron chi connectivity index (χ1n) is 8.91. The van der Waals surface area contributed by atoms with Gasteiger partial charge in [-0.05, 0) is 32.0 Å². The van der Waals surface area contributed by atoms with Gasteiger partial charge in [-0.25, -0.2) is 17.9 Å². The van der Waals surface area contributed by atoms with Crippen molar-refractivity contribution in [3.8, 4) is 0 Å². The summed E-state index contributed by atoms with van der Waals surface area (Å²) in [6, 6.07) is 8.55. The van der Waals surface area contributed by atoms with E-state index < -0.39 is 10.0 Å². The first-order chi connectivity index (χ1) is 13.4. The summed E-state index contributed by atoms with van der Waals surface area (Å²) in [6.45, 7) is 4.79. The molecule has 9 nitrogen and oxygen atoms in total. The van der Waals surface area contributed by atoms with Gasteiger partial charge in [0.15, 0.2) is 0 Å². The predicted molar refractivity (Wildman–Crippen MR) is 101 cm³/mol. The van der Waals surface area contributed by atoms with Crippen LogP contribution in [-0.2, 0) is 10.0 Å². The normalized spacial score (nSPS) is 15.9. The molecule has 0 atom stereocenters. The summed E-state index contributed by atoms with van der Waals surface area (Å²) in [5, 5.41) is 4.23. The summed E-state index contributed by atoms with van der Waals surface area (Å²) in [7, 11) is -3.57. The number of aromatic nitrogens is 4. The van der Waals surface area contributed by atoms with Gasteiger partial charge in [0.1, 0.15) is 0 Å². The molecule has 3 heterocycles. The molecule has 4 rings (SSSR count). The number of benzene rings is 1. The van der Waals surface area contributed by atoms with E-state index in [1.807, 2.05) is 13.8 Å². The maximum atomic E-state index is 12.8. The van der Waals surface area contributed by atoms with Crippen molar-refractivity contribution in [2.45, 2.75) is 18.7 Å². The van der Waals surface area contributed by atoms with E-state index in [4.69, 9.17) is 0 Å². The van der Waals surface area contributed by atoms with Crippen molar-refractivity contribution in [1.82, 2.24) is 28.8 Å². The van der Waals surface area contributed by atoms with E-state index in [0.717, 1.165) is 11.3 Å². The number of nitrogens with zero attached hydrogens (tertiary/aromatic N) is 6. The number of amides is 1. The van der Waals surface area contributed by atoms with Crippen molar-refractivity contribution < 1.29 is 13.2 Å². The lowest BCUT2D eigenvalue weighted by molar-refractivity contribution is 0.0686. The van der Waals surface area contributed by atoms with Crippen LogP contribution in [0.5, 0.6) is 0 Å². The molecule has 146 valence electrons. The minimum atomic E-state index is -3.57. The molecule has 1 fully saturated rings. The number of hydrogen-bond acceptors (Lipinski definition) is 6. The molecule has 28 heavy (non-hydrogen) atoms. The molecule has 0 unspecified atom stereocenters. The number of rotatable bonds is 3. The highest BCUT2D eigenvalue weighted by molar-refractivity contribution is 7.89. The number of piperazine rings is 1. The van der Waals surface area contributed by atoms with Crippen LogP contribution in [-0.4, -0.2) is 69.3 Å². The standard InChI is InChI=1S/C18H20N6O3S/c1-13-3-5-15(6-4-13)28(26,27)23-11-9-22(10-12-23)17(25)16-20-18-19-8-7-14(2)24(18)21-16/h3-8H,9-12H2,1-2H3. The Kier molecular flexibility index (Phi) is 4.60. The molecule has 1 saturated heterocycles. The van der Waals surface area contributed by atoms with Gasteiger partial charge >= 0.3 is 0 Å². The molecule has 10 heteroatoms. The summed E-state index contributed by atoms with van der Waals surface area (Å²) >= 11 is 0. The van der Waals surface area contributed by atoms with Crippen molar-refractivity contribution in [2.75, 3.05) is 26.2 Å². The fourth-order valence-corrected chi connectivity index (χ4v) is 4.55. The molecule has 1 amide bonds. The average molecular weight is 400 g/mol. The van der Waals surface area contributed by atoms with E-state index >= 15 is 0 Å². The second-order valence-electron chi connectivity index (χ2n) is 6.74. The van der Waals surface area contributed by atoms with Crippen molar-refractivity contribution in [3.63, 3.8) is 0 Å². The highest BCUT2D eigenvalue weighted by Gasteiger charge is 2.31. The topological polar surface area (TPSA) is 101 Å². The van der Waals surface area contributed by atoms with Crippen LogP contribution in [0.1, 0.15) is 21.9 Å². The van der Waals surface area contributed by atoms with Gasteiger partial charge in [0.25, 0.3) is 11.7 Å². The lowest BCUT2D eigenvalue weighted by Gasteiger charge is -2.33. The zero-order chi connectivity index (χ0) is 19.9. The minimum absolute atomic E-state index is 0.0663.